The van der Waals surface area contributed by atoms with E-state index in [2.05, 4.69) is 6.07 Å². The van der Waals surface area contributed by atoms with Gasteiger partial charge in [0.05, 0.1) is 11.5 Å². The summed E-state index contributed by atoms with van der Waals surface area (Å²) in [4.78, 5) is 15.3. The third-order valence-corrected chi connectivity index (χ3v) is 7.76. The smallest absolute Gasteiger partial charge is 0.263 e. The monoisotopic (exact) mass is 451 g/mol. The Morgan fingerprint density at radius 2 is 1.75 bits per heavy atom. The lowest BCUT2D eigenvalue weighted by molar-refractivity contribution is -0.140. The quantitative estimate of drug-likeness (QED) is 0.556. The summed E-state index contributed by atoms with van der Waals surface area (Å²) >= 11 is 0. The fourth-order valence-electron chi connectivity index (χ4n) is 4.51. The van der Waals surface area contributed by atoms with Crippen LogP contribution in [0.5, 0.6) is 5.75 Å². The number of hydrogen-bond acceptors (Lipinski definition) is 4. The molecule has 0 N–H and O–H groups in total. The van der Waals surface area contributed by atoms with Crippen molar-refractivity contribution < 1.29 is 17.9 Å². The number of amides is 1. The van der Waals surface area contributed by atoms with Crippen LogP contribution < -0.4 is 4.74 Å². The Labute approximate surface area is 189 Å². The van der Waals surface area contributed by atoms with Crippen molar-refractivity contribution in [2.75, 3.05) is 11.5 Å². The molecule has 3 aromatic carbocycles. The minimum Gasteiger partial charge on any atom is -0.481 e. The minimum absolute atomic E-state index is 0.000219. The first-order valence-corrected chi connectivity index (χ1v) is 12.8. The van der Waals surface area contributed by atoms with Gasteiger partial charge in [-0.1, -0.05) is 48.5 Å². The second kappa shape index (κ2) is 8.94. The normalized spacial score (nSPS) is 18.4. The van der Waals surface area contributed by atoms with E-state index < -0.39 is 15.9 Å². The predicted octanol–water partition coefficient (Wildman–Crippen LogP) is 4.44. The highest BCUT2D eigenvalue weighted by atomic mass is 32.2. The van der Waals surface area contributed by atoms with Crippen molar-refractivity contribution in [3.05, 3.63) is 77.4 Å². The van der Waals surface area contributed by atoms with Crippen LogP contribution in [0.2, 0.25) is 0 Å². The Kier molecular flexibility index (Phi) is 6.24. The molecule has 2 atom stereocenters. The van der Waals surface area contributed by atoms with E-state index in [-0.39, 0.29) is 23.5 Å². The van der Waals surface area contributed by atoms with Crippen LogP contribution >= 0.6 is 0 Å². The molecule has 6 heteroatoms. The van der Waals surface area contributed by atoms with Gasteiger partial charge in [-0.05, 0) is 66.8 Å². The summed E-state index contributed by atoms with van der Waals surface area (Å²) in [7, 11) is -3.14. The van der Waals surface area contributed by atoms with Gasteiger partial charge in [0, 0.05) is 12.6 Å². The van der Waals surface area contributed by atoms with Gasteiger partial charge in [0.25, 0.3) is 5.91 Å². The van der Waals surface area contributed by atoms with Gasteiger partial charge in [0.2, 0.25) is 0 Å². The lowest BCUT2D eigenvalue weighted by Gasteiger charge is -2.31. The molecule has 1 aliphatic heterocycles. The van der Waals surface area contributed by atoms with Crippen molar-refractivity contribution in [2.45, 2.75) is 45.9 Å². The largest absolute Gasteiger partial charge is 0.481 e. The topological polar surface area (TPSA) is 63.7 Å². The van der Waals surface area contributed by atoms with Crippen LogP contribution in [0.1, 0.15) is 30.0 Å². The van der Waals surface area contributed by atoms with Gasteiger partial charge < -0.3 is 9.64 Å². The minimum atomic E-state index is -3.14. The molecule has 4 rings (SSSR count). The van der Waals surface area contributed by atoms with Crippen LogP contribution in [0, 0.1) is 13.8 Å². The number of carbonyl (C=O) groups excluding carboxylic acids is 1. The number of carbonyl (C=O) groups is 1. The molecule has 0 aliphatic carbocycles. The lowest BCUT2D eigenvalue weighted by atomic mass is 10.0. The summed E-state index contributed by atoms with van der Waals surface area (Å²) < 4.78 is 30.4. The Bertz CT molecular complexity index is 1230. The van der Waals surface area contributed by atoms with Crippen LogP contribution in [-0.2, 0) is 21.2 Å². The fraction of sp³-hybridized carbons (Fsp3) is 0.346. The fourth-order valence-corrected chi connectivity index (χ4v) is 6.24. The summed E-state index contributed by atoms with van der Waals surface area (Å²) in [5.74, 6) is 0.565. The highest BCUT2D eigenvalue weighted by Gasteiger charge is 2.36. The zero-order valence-corrected chi connectivity index (χ0v) is 19.6. The van der Waals surface area contributed by atoms with Crippen molar-refractivity contribution in [1.29, 1.82) is 0 Å². The maximum absolute atomic E-state index is 13.6. The van der Waals surface area contributed by atoms with E-state index >= 15 is 0 Å². The molecule has 0 bridgehead atoms. The number of nitrogens with zero attached hydrogens (tertiary/aromatic N) is 1. The van der Waals surface area contributed by atoms with Crippen LogP contribution in [-0.4, -0.2) is 42.9 Å². The van der Waals surface area contributed by atoms with Gasteiger partial charge in [-0.15, -0.1) is 0 Å². The third-order valence-electron chi connectivity index (χ3n) is 6.01. The average molecular weight is 452 g/mol. The van der Waals surface area contributed by atoms with Gasteiger partial charge in [-0.3, -0.25) is 4.79 Å². The highest BCUT2D eigenvalue weighted by Crippen LogP contribution is 2.26. The average Bonchev–Trinajstić information content (AvgIpc) is 3.10. The molecule has 1 aliphatic rings. The molecule has 5 nitrogen and oxygen atoms in total. The summed E-state index contributed by atoms with van der Waals surface area (Å²) in [6.45, 7) is 6.06. The molecular formula is C26H29NO4S. The molecular weight excluding hydrogens is 422 g/mol. The third kappa shape index (κ3) is 4.96. The van der Waals surface area contributed by atoms with Crippen molar-refractivity contribution >= 4 is 26.5 Å². The first kappa shape index (κ1) is 22.3. The number of hydrogen-bond donors (Lipinski definition) is 0. The van der Waals surface area contributed by atoms with E-state index in [0.29, 0.717) is 18.7 Å². The summed E-state index contributed by atoms with van der Waals surface area (Å²) in [6.07, 6.45) is -0.274. The van der Waals surface area contributed by atoms with Gasteiger partial charge in [-0.25, -0.2) is 8.42 Å². The molecule has 1 heterocycles. The SMILES string of the molecule is Cc1cc(C)cc(O[C@H](C)C(=O)N(Cc2cccc3ccccc23)[C@H]2CCS(=O)(=O)C2)c1. The molecule has 168 valence electrons. The van der Waals surface area contributed by atoms with E-state index in [1.165, 1.54) is 0 Å². The van der Waals surface area contributed by atoms with Gasteiger partial charge in [0.1, 0.15) is 5.75 Å². The number of rotatable bonds is 6. The molecule has 0 unspecified atom stereocenters. The van der Waals surface area contributed by atoms with Crippen molar-refractivity contribution in [3.8, 4) is 5.75 Å². The van der Waals surface area contributed by atoms with Gasteiger partial charge in [0.15, 0.2) is 15.9 Å². The van der Waals surface area contributed by atoms with E-state index in [0.717, 1.165) is 27.5 Å². The molecule has 0 radical (unpaired) electrons. The van der Waals surface area contributed by atoms with E-state index in [1.54, 1.807) is 11.8 Å². The number of aryl methyl sites for hydroxylation is 2. The summed E-state index contributed by atoms with van der Waals surface area (Å²) in [5.41, 5.74) is 3.13. The Morgan fingerprint density at radius 3 is 2.44 bits per heavy atom. The zero-order chi connectivity index (χ0) is 22.9. The first-order chi connectivity index (χ1) is 15.2. The van der Waals surface area contributed by atoms with Crippen molar-refractivity contribution in [2.24, 2.45) is 0 Å². The zero-order valence-electron chi connectivity index (χ0n) is 18.7. The van der Waals surface area contributed by atoms with E-state index in [4.69, 9.17) is 4.74 Å². The Morgan fingerprint density at radius 1 is 1.06 bits per heavy atom. The number of sulfone groups is 1. The number of benzene rings is 3. The van der Waals surface area contributed by atoms with Crippen LogP contribution in [0.4, 0.5) is 0 Å². The standard InChI is InChI=1S/C26H29NO4S/c1-18-13-19(2)15-24(14-18)31-20(3)26(28)27(23-11-12-32(29,30)17-23)16-22-9-6-8-21-7-4-5-10-25(21)22/h4-10,13-15,20,23H,11-12,16-17H2,1-3H3/t20-,23+/m1/s1. The Hall–Kier alpha value is -2.86. The summed E-state index contributed by atoms with van der Waals surface area (Å²) in [5, 5.41) is 2.16. The summed E-state index contributed by atoms with van der Waals surface area (Å²) in [6, 6.07) is 19.6. The second-order valence-electron chi connectivity index (χ2n) is 8.74. The maximum Gasteiger partial charge on any atom is 0.263 e. The maximum atomic E-state index is 13.6. The van der Waals surface area contributed by atoms with Crippen LogP contribution in [0.15, 0.2) is 60.7 Å². The molecule has 0 aromatic heterocycles. The molecule has 0 spiro atoms. The number of fused-ring (bicyclic) bond motifs is 1. The molecule has 1 amide bonds. The van der Waals surface area contributed by atoms with Crippen LogP contribution in [0.25, 0.3) is 10.8 Å². The van der Waals surface area contributed by atoms with Crippen molar-refractivity contribution in [3.63, 3.8) is 0 Å². The van der Waals surface area contributed by atoms with E-state index in [9.17, 15) is 13.2 Å². The van der Waals surface area contributed by atoms with Crippen molar-refractivity contribution in [1.82, 2.24) is 4.90 Å². The molecule has 1 fully saturated rings. The van der Waals surface area contributed by atoms with Gasteiger partial charge in [-0.2, -0.15) is 0 Å². The highest BCUT2D eigenvalue weighted by molar-refractivity contribution is 7.91. The molecule has 3 aromatic rings. The second-order valence-corrected chi connectivity index (χ2v) is 11.0. The van der Waals surface area contributed by atoms with Crippen LogP contribution in [0.3, 0.4) is 0 Å². The first-order valence-electron chi connectivity index (χ1n) is 10.9. The molecule has 0 saturated carbocycles. The molecule has 32 heavy (non-hydrogen) atoms. The van der Waals surface area contributed by atoms with Gasteiger partial charge >= 0.3 is 0 Å². The predicted molar refractivity (Wildman–Crippen MR) is 128 cm³/mol. The lowest BCUT2D eigenvalue weighted by Crippen LogP contribution is -2.46. The van der Waals surface area contributed by atoms with E-state index in [1.807, 2.05) is 68.4 Å². The Balaban J connectivity index is 1.63. The molecule has 1 saturated heterocycles. The number of ether oxygens (including phenoxy) is 1.